The van der Waals surface area contributed by atoms with Gasteiger partial charge in [0.05, 0.1) is 24.3 Å². The fourth-order valence-electron chi connectivity index (χ4n) is 2.73. The lowest BCUT2D eigenvalue weighted by Crippen LogP contribution is -2.18. The first-order valence-corrected chi connectivity index (χ1v) is 11.1. The van der Waals surface area contributed by atoms with E-state index in [4.69, 9.17) is 14.2 Å². The van der Waals surface area contributed by atoms with Gasteiger partial charge in [-0.1, -0.05) is 0 Å². The molecule has 1 aromatic heterocycles. The molecule has 0 atom stereocenters. The second-order valence-corrected chi connectivity index (χ2v) is 8.36. The van der Waals surface area contributed by atoms with Crippen molar-refractivity contribution < 1.29 is 22.6 Å². The van der Waals surface area contributed by atoms with Gasteiger partial charge in [-0.05, 0) is 49.5 Å². The first-order valence-electron chi connectivity index (χ1n) is 9.64. The van der Waals surface area contributed by atoms with Crippen LogP contribution in [0.25, 0.3) is 0 Å². The number of sulfonamides is 1. The molecule has 3 aromatic rings. The van der Waals surface area contributed by atoms with Crippen molar-refractivity contribution in [3.05, 3.63) is 54.9 Å². The molecule has 0 spiro atoms. The zero-order valence-corrected chi connectivity index (χ0v) is 20.0. The van der Waals surface area contributed by atoms with Crippen LogP contribution in [0.3, 0.4) is 0 Å². The standard InChI is InChI=1S/C21H25N5O5S.ClH/c1-22-32(27,28)17-8-9-19(30-3)18(12-17)26-21-13-20(23-14-24-21)25-15-4-6-16(7-5-15)31-11-10-29-2;/h4-9,12-14,22H,10-11H2,1-3H3,(H2,23,24,25,26);1H. The number of halogens is 1. The van der Waals surface area contributed by atoms with Crippen LogP contribution in [0.5, 0.6) is 11.5 Å². The highest BCUT2D eigenvalue weighted by atomic mass is 35.5. The summed E-state index contributed by atoms with van der Waals surface area (Å²) in [5.74, 6) is 2.21. The molecule has 0 unspecified atom stereocenters. The molecule has 1 heterocycles. The molecule has 10 nitrogen and oxygen atoms in total. The number of hydrogen-bond donors (Lipinski definition) is 3. The second kappa shape index (κ2) is 12.2. The van der Waals surface area contributed by atoms with Crippen molar-refractivity contribution in [3.8, 4) is 11.5 Å². The highest BCUT2D eigenvalue weighted by molar-refractivity contribution is 7.89. The van der Waals surface area contributed by atoms with Gasteiger partial charge in [0.15, 0.2) is 0 Å². The normalized spacial score (nSPS) is 10.8. The first-order chi connectivity index (χ1) is 15.4. The number of benzene rings is 2. The van der Waals surface area contributed by atoms with Crippen molar-refractivity contribution in [1.29, 1.82) is 0 Å². The van der Waals surface area contributed by atoms with Crippen LogP contribution in [-0.4, -0.2) is 52.9 Å². The van der Waals surface area contributed by atoms with E-state index in [0.29, 0.717) is 36.3 Å². The summed E-state index contributed by atoms with van der Waals surface area (Å²) < 4.78 is 42.4. The van der Waals surface area contributed by atoms with Crippen molar-refractivity contribution in [2.24, 2.45) is 0 Å². The molecule has 0 bridgehead atoms. The molecular formula is C21H26ClN5O5S. The molecule has 0 saturated heterocycles. The molecule has 0 fully saturated rings. The van der Waals surface area contributed by atoms with E-state index < -0.39 is 10.0 Å². The number of ether oxygens (including phenoxy) is 3. The van der Waals surface area contributed by atoms with Gasteiger partial charge < -0.3 is 24.8 Å². The fraction of sp³-hybridized carbons (Fsp3) is 0.238. The molecule has 2 aromatic carbocycles. The van der Waals surface area contributed by atoms with Crippen LogP contribution in [0.15, 0.2) is 59.8 Å². The molecule has 3 rings (SSSR count). The van der Waals surface area contributed by atoms with Gasteiger partial charge in [-0.2, -0.15) is 0 Å². The van der Waals surface area contributed by atoms with Crippen molar-refractivity contribution in [1.82, 2.24) is 14.7 Å². The summed E-state index contributed by atoms with van der Waals surface area (Å²) in [6.45, 7) is 0.996. The monoisotopic (exact) mass is 495 g/mol. The summed E-state index contributed by atoms with van der Waals surface area (Å²) in [6, 6.07) is 13.6. The predicted molar refractivity (Wildman–Crippen MR) is 129 cm³/mol. The minimum Gasteiger partial charge on any atom is -0.495 e. The average molecular weight is 496 g/mol. The zero-order valence-electron chi connectivity index (χ0n) is 18.4. The summed E-state index contributed by atoms with van der Waals surface area (Å²) >= 11 is 0. The molecule has 3 N–H and O–H groups in total. The Kier molecular flexibility index (Phi) is 9.67. The van der Waals surface area contributed by atoms with Crippen molar-refractivity contribution in [2.45, 2.75) is 4.90 Å². The molecule has 0 saturated carbocycles. The lowest BCUT2D eigenvalue weighted by Gasteiger charge is -2.13. The maximum atomic E-state index is 12.1. The highest BCUT2D eigenvalue weighted by Crippen LogP contribution is 2.30. The third-order valence-corrected chi connectivity index (χ3v) is 5.77. The third kappa shape index (κ3) is 7.19. The van der Waals surface area contributed by atoms with Gasteiger partial charge in [0.25, 0.3) is 0 Å². The number of rotatable bonds is 11. The molecular weight excluding hydrogens is 470 g/mol. The van der Waals surface area contributed by atoms with E-state index in [1.807, 2.05) is 24.3 Å². The van der Waals surface area contributed by atoms with E-state index in [0.717, 1.165) is 11.4 Å². The fourth-order valence-corrected chi connectivity index (χ4v) is 3.48. The van der Waals surface area contributed by atoms with Crippen LogP contribution >= 0.6 is 12.4 Å². The Morgan fingerprint density at radius 2 is 1.61 bits per heavy atom. The van der Waals surface area contributed by atoms with Gasteiger partial charge in [-0.15, -0.1) is 12.4 Å². The van der Waals surface area contributed by atoms with E-state index in [1.54, 1.807) is 19.2 Å². The van der Waals surface area contributed by atoms with Crippen LogP contribution in [0.4, 0.5) is 23.0 Å². The maximum absolute atomic E-state index is 12.1. The van der Waals surface area contributed by atoms with Gasteiger partial charge in [0.1, 0.15) is 36.1 Å². The Morgan fingerprint density at radius 1 is 0.909 bits per heavy atom. The van der Waals surface area contributed by atoms with Crippen molar-refractivity contribution >= 4 is 45.4 Å². The Morgan fingerprint density at radius 3 is 2.24 bits per heavy atom. The lowest BCUT2D eigenvalue weighted by molar-refractivity contribution is 0.146. The number of nitrogens with one attached hydrogen (secondary N) is 3. The quantitative estimate of drug-likeness (QED) is 0.343. The SMILES string of the molecule is CNS(=O)(=O)c1ccc(OC)c(Nc2cc(Nc3ccc(OCCOC)cc3)ncn2)c1.Cl. The van der Waals surface area contributed by atoms with Crippen molar-refractivity contribution in [2.75, 3.05) is 45.1 Å². The summed E-state index contributed by atoms with van der Waals surface area (Å²) in [5, 5.41) is 6.27. The van der Waals surface area contributed by atoms with E-state index >= 15 is 0 Å². The van der Waals surface area contributed by atoms with Crippen LogP contribution in [0, 0.1) is 0 Å². The molecule has 178 valence electrons. The molecule has 12 heteroatoms. The lowest BCUT2D eigenvalue weighted by atomic mass is 10.3. The smallest absolute Gasteiger partial charge is 0.240 e. The first kappa shape index (κ1) is 26.1. The van der Waals surface area contributed by atoms with Gasteiger partial charge >= 0.3 is 0 Å². The Labute approximate surface area is 199 Å². The van der Waals surface area contributed by atoms with Gasteiger partial charge in [-0.25, -0.2) is 23.1 Å². The van der Waals surface area contributed by atoms with E-state index in [1.165, 1.54) is 32.6 Å². The van der Waals surface area contributed by atoms with Gasteiger partial charge in [0, 0.05) is 18.9 Å². The molecule has 0 aliphatic rings. The Hall–Kier alpha value is -3.12. The average Bonchev–Trinajstić information content (AvgIpc) is 2.80. The van der Waals surface area contributed by atoms with Gasteiger partial charge in [-0.3, -0.25) is 0 Å². The molecule has 33 heavy (non-hydrogen) atoms. The number of aromatic nitrogens is 2. The summed E-state index contributed by atoms with van der Waals surface area (Å²) in [6.07, 6.45) is 1.40. The van der Waals surface area contributed by atoms with E-state index in [2.05, 4.69) is 25.3 Å². The molecule has 0 radical (unpaired) electrons. The summed E-state index contributed by atoms with van der Waals surface area (Å²) in [4.78, 5) is 8.53. The molecule has 0 aliphatic heterocycles. The molecule has 0 aliphatic carbocycles. The molecule has 0 amide bonds. The Bertz CT molecular complexity index is 1150. The number of nitrogens with zero attached hydrogens (tertiary/aromatic N) is 2. The van der Waals surface area contributed by atoms with E-state index in [-0.39, 0.29) is 17.3 Å². The van der Waals surface area contributed by atoms with Crippen LogP contribution in [0.1, 0.15) is 0 Å². The topological polar surface area (TPSA) is 124 Å². The number of methoxy groups -OCH3 is 2. The third-order valence-electron chi connectivity index (χ3n) is 4.36. The highest BCUT2D eigenvalue weighted by Gasteiger charge is 2.15. The number of anilines is 4. The summed E-state index contributed by atoms with van der Waals surface area (Å²) in [5.41, 5.74) is 1.26. The zero-order chi connectivity index (χ0) is 23.0. The Balaban J connectivity index is 0.00000385. The van der Waals surface area contributed by atoms with Crippen LogP contribution in [-0.2, 0) is 14.8 Å². The minimum atomic E-state index is -3.61. The summed E-state index contributed by atoms with van der Waals surface area (Å²) in [7, 11) is 0.874. The maximum Gasteiger partial charge on any atom is 0.240 e. The second-order valence-electron chi connectivity index (χ2n) is 6.47. The van der Waals surface area contributed by atoms with Crippen LogP contribution in [0.2, 0.25) is 0 Å². The number of hydrogen-bond acceptors (Lipinski definition) is 9. The van der Waals surface area contributed by atoms with Crippen LogP contribution < -0.4 is 24.8 Å². The largest absolute Gasteiger partial charge is 0.495 e. The predicted octanol–water partition coefficient (Wildman–Crippen LogP) is 3.33. The van der Waals surface area contributed by atoms with Gasteiger partial charge in [0.2, 0.25) is 10.0 Å². The minimum absolute atomic E-state index is 0. The van der Waals surface area contributed by atoms with E-state index in [9.17, 15) is 8.42 Å². The van der Waals surface area contributed by atoms with Crippen molar-refractivity contribution in [3.63, 3.8) is 0 Å².